The first kappa shape index (κ1) is 12.7. The molecule has 1 fully saturated rings. The Kier molecular flexibility index (Phi) is 5.11. The van der Waals surface area contributed by atoms with Crippen LogP contribution in [0.15, 0.2) is 0 Å². The maximum Gasteiger partial charge on any atom is 0.0753 e. The van der Waals surface area contributed by atoms with Crippen LogP contribution in [-0.2, 0) is 4.74 Å². The summed E-state index contributed by atoms with van der Waals surface area (Å²) >= 11 is 4.30. The quantitative estimate of drug-likeness (QED) is 0.594. The Labute approximate surface area is 96.6 Å². The van der Waals surface area contributed by atoms with Crippen molar-refractivity contribution in [3.63, 3.8) is 0 Å². The Bertz CT molecular complexity index is 172. The Morgan fingerprint density at radius 1 is 1.57 bits per heavy atom. The second-order valence-corrected chi connectivity index (χ2v) is 5.99. The molecule has 1 aliphatic rings. The van der Waals surface area contributed by atoms with Crippen LogP contribution in [0.2, 0.25) is 0 Å². The van der Waals surface area contributed by atoms with Gasteiger partial charge >= 0.3 is 0 Å². The van der Waals surface area contributed by atoms with Crippen molar-refractivity contribution >= 4 is 22.5 Å². The lowest BCUT2D eigenvalue weighted by Gasteiger charge is -2.39. The summed E-state index contributed by atoms with van der Waals surface area (Å²) in [7, 11) is 1.68. The molecule has 84 valence electrons. The van der Waals surface area contributed by atoms with E-state index in [-0.39, 0.29) is 5.60 Å². The van der Waals surface area contributed by atoms with E-state index in [2.05, 4.69) is 37.3 Å². The third-order valence-corrected chi connectivity index (χ3v) is 4.25. The van der Waals surface area contributed by atoms with E-state index in [0.717, 1.165) is 26.2 Å². The Morgan fingerprint density at radius 2 is 2.29 bits per heavy atom. The largest absolute Gasteiger partial charge is 0.373 e. The first-order valence-corrected chi connectivity index (χ1v) is 7.17. The lowest BCUT2D eigenvalue weighted by Crippen LogP contribution is -2.49. The van der Waals surface area contributed by atoms with Crippen molar-refractivity contribution in [1.82, 2.24) is 4.90 Å². The molecule has 0 saturated carbocycles. The van der Waals surface area contributed by atoms with Gasteiger partial charge in [0.15, 0.2) is 0 Å². The Hall–Kier alpha value is 0.620. The summed E-state index contributed by atoms with van der Waals surface area (Å²) in [5, 5.41) is 0.646. The molecule has 1 atom stereocenters. The molecule has 0 aromatic carbocycles. The van der Waals surface area contributed by atoms with Crippen molar-refractivity contribution < 1.29 is 4.74 Å². The van der Waals surface area contributed by atoms with Crippen LogP contribution in [-0.4, -0.2) is 42.0 Å². The van der Waals surface area contributed by atoms with Crippen LogP contribution in [0.4, 0.5) is 0 Å². The molecule has 0 N–H and O–H groups in total. The van der Waals surface area contributed by atoms with Gasteiger partial charge in [0, 0.05) is 24.9 Å². The lowest BCUT2D eigenvalue weighted by atomic mass is 10.1. The normalized spacial score (nSPS) is 24.9. The lowest BCUT2D eigenvalue weighted by molar-refractivity contribution is -0.0856. The fourth-order valence-corrected chi connectivity index (χ4v) is 2.87. The van der Waals surface area contributed by atoms with Crippen LogP contribution in [0.3, 0.4) is 0 Å². The molecule has 1 unspecified atom stereocenters. The monoisotopic (exact) mass is 235 g/mol. The molecule has 14 heavy (non-hydrogen) atoms. The standard InChI is InChI=1S/C10H21NOS2/c1-4-9(14-13)7-11-5-6-12-10(2,3)8-11/h9,13H,4-8H2,1-3H3. The molecule has 1 rings (SSSR count). The average Bonchev–Trinajstić information content (AvgIpc) is 2.12. The summed E-state index contributed by atoms with van der Waals surface area (Å²) in [5.41, 5.74) is 0.0256. The van der Waals surface area contributed by atoms with E-state index in [1.54, 1.807) is 10.8 Å². The van der Waals surface area contributed by atoms with Gasteiger partial charge in [0.2, 0.25) is 0 Å². The Balaban J connectivity index is 2.37. The molecule has 1 aliphatic heterocycles. The second kappa shape index (κ2) is 5.64. The molecule has 0 aliphatic carbocycles. The molecule has 0 spiro atoms. The van der Waals surface area contributed by atoms with Crippen molar-refractivity contribution in [3.05, 3.63) is 0 Å². The third-order valence-electron chi connectivity index (χ3n) is 2.57. The number of nitrogens with zero attached hydrogens (tertiary/aromatic N) is 1. The fraction of sp³-hybridized carbons (Fsp3) is 1.00. The minimum absolute atomic E-state index is 0.0256. The highest BCUT2D eigenvalue weighted by molar-refractivity contribution is 8.68. The number of ether oxygens (including phenoxy) is 1. The highest BCUT2D eigenvalue weighted by Gasteiger charge is 2.27. The smallest absolute Gasteiger partial charge is 0.0753 e. The van der Waals surface area contributed by atoms with E-state index in [1.165, 1.54) is 6.42 Å². The minimum Gasteiger partial charge on any atom is -0.373 e. The fourth-order valence-electron chi connectivity index (χ4n) is 1.80. The van der Waals surface area contributed by atoms with Gasteiger partial charge in [-0.1, -0.05) is 17.7 Å². The summed E-state index contributed by atoms with van der Waals surface area (Å²) < 4.78 is 5.68. The maximum absolute atomic E-state index is 5.68. The molecule has 2 nitrogen and oxygen atoms in total. The van der Waals surface area contributed by atoms with Crippen molar-refractivity contribution in [2.75, 3.05) is 26.2 Å². The van der Waals surface area contributed by atoms with Crippen LogP contribution in [0.5, 0.6) is 0 Å². The van der Waals surface area contributed by atoms with E-state index in [9.17, 15) is 0 Å². The highest BCUT2D eigenvalue weighted by Crippen LogP contribution is 2.22. The third kappa shape index (κ3) is 4.01. The van der Waals surface area contributed by atoms with Gasteiger partial charge in [-0.15, -0.1) is 11.7 Å². The number of rotatable bonds is 4. The molecule has 0 aromatic heterocycles. The van der Waals surface area contributed by atoms with Gasteiger partial charge in [0.25, 0.3) is 0 Å². The molecule has 1 saturated heterocycles. The van der Waals surface area contributed by atoms with Crippen molar-refractivity contribution in [3.8, 4) is 0 Å². The Morgan fingerprint density at radius 3 is 2.79 bits per heavy atom. The highest BCUT2D eigenvalue weighted by atomic mass is 33.1. The maximum atomic E-state index is 5.68. The second-order valence-electron chi connectivity index (χ2n) is 4.48. The molecule has 0 radical (unpaired) electrons. The number of thiol groups is 1. The summed E-state index contributed by atoms with van der Waals surface area (Å²) in [6.45, 7) is 10.6. The van der Waals surface area contributed by atoms with E-state index >= 15 is 0 Å². The SMILES string of the molecule is CCC(CN1CCOC(C)(C)C1)SS. The molecular weight excluding hydrogens is 214 g/mol. The summed E-state index contributed by atoms with van der Waals surface area (Å²) in [6.07, 6.45) is 1.19. The van der Waals surface area contributed by atoms with Gasteiger partial charge in [-0.25, -0.2) is 0 Å². The average molecular weight is 235 g/mol. The van der Waals surface area contributed by atoms with Gasteiger partial charge in [-0.05, 0) is 20.3 Å². The van der Waals surface area contributed by atoms with Crippen LogP contribution in [0.25, 0.3) is 0 Å². The zero-order valence-corrected chi connectivity index (χ0v) is 11.0. The van der Waals surface area contributed by atoms with Crippen LogP contribution in [0.1, 0.15) is 27.2 Å². The van der Waals surface area contributed by atoms with E-state index in [4.69, 9.17) is 4.74 Å². The van der Waals surface area contributed by atoms with Crippen LogP contribution < -0.4 is 0 Å². The van der Waals surface area contributed by atoms with Gasteiger partial charge in [0.05, 0.1) is 12.2 Å². The number of morpholine rings is 1. The van der Waals surface area contributed by atoms with Gasteiger partial charge in [-0.3, -0.25) is 4.90 Å². The predicted molar refractivity (Wildman–Crippen MR) is 67.1 cm³/mol. The van der Waals surface area contributed by atoms with E-state index < -0.39 is 0 Å². The summed E-state index contributed by atoms with van der Waals surface area (Å²) in [5.74, 6) is 0. The molecule has 0 aromatic rings. The summed E-state index contributed by atoms with van der Waals surface area (Å²) in [6, 6.07) is 0. The zero-order chi connectivity index (χ0) is 10.6. The zero-order valence-electron chi connectivity index (χ0n) is 9.32. The van der Waals surface area contributed by atoms with Crippen molar-refractivity contribution in [2.24, 2.45) is 0 Å². The number of hydrogen-bond donors (Lipinski definition) is 1. The predicted octanol–water partition coefficient (Wildman–Crippen LogP) is 2.45. The topological polar surface area (TPSA) is 12.5 Å². The van der Waals surface area contributed by atoms with Gasteiger partial charge in [0.1, 0.15) is 0 Å². The number of hydrogen-bond acceptors (Lipinski definition) is 4. The molecular formula is C10H21NOS2. The van der Waals surface area contributed by atoms with Crippen molar-refractivity contribution in [1.29, 1.82) is 0 Å². The molecule has 0 amide bonds. The molecule has 0 bridgehead atoms. The van der Waals surface area contributed by atoms with Crippen LogP contribution >= 0.6 is 22.5 Å². The van der Waals surface area contributed by atoms with Crippen LogP contribution in [0, 0.1) is 0 Å². The summed E-state index contributed by atoms with van der Waals surface area (Å²) in [4.78, 5) is 2.49. The van der Waals surface area contributed by atoms with Crippen molar-refractivity contribution in [2.45, 2.75) is 38.0 Å². The molecule has 4 heteroatoms. The first-order chi connectivity index (χ1) is 6.57. The van der Waals surface area contributed by atoms with E-state index in [1.807, 2.05) is 0 Å². The van der Waals surface area contributed by atoms with Gasteiger partial charge in [-0.2, -0.15) is 0 Å². The minimum atomic E-state index is 0.0256. The molecule has 1 heterocycles. The first-order valence-electron chi connectivity index (χ1n) is 5.24. The van der Waals surface area contributed by atoms with E-state index in [0.29, 0.717) is 5.25 Å². The van der Waals surface area contributed by atoms with Gasteiger partial charge < -0.3 is 4.74 Å².